The Morgan fingerprint density at radius 1 is 0.952 bits per heavy atom. The van der Waals surface area contributed by atoms with Crippen LogP contribution in [0.2, 0.25) is 39.3 Å². The van der Waals surface area contributed by atoms with Crippen LogP contribution >= 0.6 is 0 Å². The topological polar surface area (TPSA) is 79.2 Å². The van der Waals surface area contributed by atoms with E-state index < -0.39 is 43.4 Å². The lowest BCUT2D eigenvalue weighted by atomic mass is 9.95. The molecule has 0 spiro atoms. The van der Waals surface area contributed by atoms with Crippen molar-refractivity contribution in [3.8, 4) is 0 Å². The lowest BCUT2D eigenvalue weighted by molar-refractivity contribution is -0.133. The second-order valence-electron chi connectivity index (χ2n) is 7.76. The summed E-state index contributed by atoms with van der Waals surface area (Å²) in [6, 6.07) is 0. The van der Waals surface area contributed by atoms with E-state index in [2.05, 4.69) is 0 Å². The molecule has 1 radical (unpaired) electrons. The Kier molecular flexibility index (Phi) is 7.50. The van der Waals surface area contributed by atoms with Crippen LogP contribution in [0.4, 0.5) is 0 Å². The van der Waals surface area contributed by atoms with Crippen molar-refractivity contribution in [3.63, 3.8) is 0 Å². The predicted molar refractivity (Wildman–Crippen MR) is 92.2 cm³/mol. The van der Waals surface area contributed by atoms with E-state index in [-0.39, 0.29) is 0 Å². The third kappa shape index (κ3) is 6.61. The van der Waals surface area contributed by atoms with Gasteiger partial charge in [0, 0.05) is 0 Å². The van der Waals surface area contributed by atoms with Gasteiger partial charge < -0.3 is 23.5 Å². The second-order valence-corrected chi connectivity index (χ2v) is 19.2. The SMILES string of the molecule is CCCC(O)([Si](O[Si](C)(C)C)O[Si](C)(C)C)C(C)(O)CO. The summed E-state index contributed by atoms with van der Waals surface area (Å²) in [6.45, 7) is 15.1. The Morgan fingerprint density at radius 3 is 1.57 bits per heavy atom. The average molecular weight is 354 g/mol. The maximum absolute atomic E-state index is 11.2. The van der Waals surface area contributed by atoms with Crippen LogP contribution in [0, 0.1) is 0 Å². The van der Waals surface area contributed by atoms with Crippen molar-refractivity contribution in [2.24, 2.45) is 0 Å². The highest BCUT2D eigenvalue weighted by molar-refractivity contribution is 6.81. The van der Waals surface area contributed by atoms with Gasteiger partial charge in [-0.05, 0) is 52.6 Å². The number of aliphatic hydroxyl groups is 3. The third-order valence-electron chi connectivity index (χ3n) is 2.95. The van der Waals surface area contributed by atoms with Crippen molar-refractivity contribution in [1.82, 2.24) is 0 Å². The molecule has 0 heterocycles. The van der Waals surface area contributed by atoms with Gasteiger partial charge in [0.15, 0.2) is 16.6 Å². The smallest absolute Gasteiger partial charge is 0.401 e. The van der Waals surface area contributed by atoms with Gasteiger partial charge in [0.05, 0.1) is 6.61 Å². The van der Waals surface area contributed by atoms with Crippen molar-refractivity contribution in [3.05, 3.63) is 0 Å². The first-order chi connectivity index (χ1) is 9.18. The van der Waals surface area contributed by atoms with Gasteiger partial charge in [-0.3, -0.25) is 0 Å². The average Bonchev–Trinajstić information content (AvgIpc) is 2.24. The maximum Gasteiger partial charge on any atom is 0.401 e. The van der Waals surface area contributed by atoms with Gasteiger partial charge in [-0.2, -0.15) is 0 Å². The summed E-state index contributed by atoms with van der Waals surface area (Å²) in [5.74, 6) is 0. The van der Waals surface area contributed by atoms with Crippen molar-refractivity contribution in [2.75, 3.05) is 6.61 Å². The highest BCUT2D eigenvalue weighted by atomic mass is 28.4. The van der Waals surface area contributed by atoms with E-state index in [1.807, 2.05) is 46.2 Å². The monoisotopic (exact) mass is 353 g/mol. The maximum atomic E-state index is 11.2. The summed E-state index contributed by atoms with van der Waals surface area (Å²) in [7, 11) is -6.08. The van der Waals surface area contributed by atoms with E-state index in [1.165, 1.54) is 6.92 Å². The quantitative estimate of drug-likeness (QED) is 0.553. The molecule has 0 amide bonds. The zero-order chi connectivity index (χ0) is 17.1. The summed E-state index contributed by atoms with van der Waals surface area (Å²) < 4.78 is 12.3. The minimum atomic E-state index is -2.16. The van der Waals surface area contributed by atoms with Gasteiger partial charge in [0.25, 0.3) is 0 Å². The molecule has 2 atom stereocenters. The molecule has 0 fully saturated rings. The Balaban J connectivity index is 5.68. The minimum Gasteiger partial charge on any atom is -0.434 e. The second kappa shape index (κ2) is 7.35. The molecule has 2 unspecified atom stereocenters. The van der Waals surface area contributed by atoms with Crippen molar-refractivity contribution < 1.29 is 23.5 Å². The molecular formula is C13H33O5Si3. The lowest BCUT2D eigenvalue weighted by Crippen LogP contribution is -2.68. The fourth-order valence-electron chi connectivity index (χ4n) is 1.83. The molecule has 0 aliphatic carbocycles. The molecule has 8 heteroatoms. The normalized spacial score (nSPS) is 19.4. The number of hydrogen-bond acceptors (Lipinski definition) is 5. The Morgan fingerprint density at radius 2 is 1.33 bits per heavy atom. The molecular weight excluding hydrogens is 320 g/mol. The van der Waals surface area contributed by atoms with Crippen LogP contribution in [0.3, 0.4) is 0 Å². The van der Waals surface area contributed by atoms with Crippen molar-refractivity contribution >= 4 is 25.9 Å². The summed E-state index contributed by atoms with van der Waals surface area (Å²) >= 11 is 0. The fraction of sp³-hybridized carbons (Fsp3) is 1.00. The van der Waals surface area contributed by atoms with Crippen LogP contribution in [-0.2, 0) is 8.23 Å². The molecule has 21 heavy (non-hydrogen) atoms. The molecule has 0 saturated carbocycles. The molecule has 0 saturated heterocycles. The summed E-state index contributed by atoms with van der Waals surface area (Å²) in [4.78, 5) is 0. The number of rotatable bonds is 9. The number of hydrogen-bond donors (Lipinski definition) is 3. The van der Waals surface area contributed by atoms with Crippen LogP contribution < -0.4 is 0 Å². The molecule has 0 aromatic rings. The van der Waals surface area contributed by atoms with E-state index in [1.54, 1.807) is 0 Å². The molecule has 0 bridgehead atoms. The molecule has 0 rings (SSSR count). The highest BCUT2D eigenvalue weighted by Crippen LogP contribution is 2.33. The van der Waals surface area contributed by atoms with Gasteiger partial charge in [-0.15, -0.1) is 0 Å². The van der Waals surface area contributed by atoms with Crippen LogP contribution in [0.5, 0.6) is 0 Å². The van der Waals surface area contributed by atoms with E-state index in [0.717, 1.165) is 0 Å². The Hall–Kier alpha value is 0.451. The van der Waals surface area contributed by atoms with Crippen LogP contribution in [0.1, 0.15) is 26.7 Å². The summed E-state index contributed by atoms with van der Waals surface area (Å²) in [6.07, 6.45) is 1.01. The zero-order valence-electron chi connectivity index (χ0n) is 14.8. The Bertz CT molecular complexity index is 309. The van der Waals surface area contributed by atoms with Gasteiger partial charge >= 0.3 is 9.28 Å². The highest BCUT2D eigenvalue weighted by Gasteiger charge is 2.57. The molecule has 0 aliphatic rings. The first-order valence-electron chi connectivity index (χ1n) is 7.49. The van der Waals surface area contributed by atoms with Crippen LogP contribution in [-0.4, -0.2) is 58.7 Å². The summed E-state index contributed by atoms with van der Waals surface area (Å²) in [5.41, 5.74) is -1.64. The molecule has 0 aromatic heterocycles. The van der Waals surface area contributed by atoms with Crippen molar-refractivity contribution in [2.45, 2.75) is 76.8 Å². The molecule has 0 aromatic carbocycles. The number of aliphatic hydroxyl groups excluding tert-OH is 1. The third-order valence-corrected chi connectivity index (χ3v) is 10.8. The fourth-order valence-corrected chi connectivity index (χ4v) is 9.14. The van der Waals surface area contributed by atoms with E-state index in [0.29, 0.717) is 12.8 Å². The van der Waals surface area contributed by atoms with Gasteiger partial charge in [-0.1, -0.05) is 13.3 Å². The summed E-state index contributed by atoms with van der Waals surface area (Å²) in [5, 5.41) is 29.7. The standard InChI is InChI=1S/C13H33O5Si3/c1-9-10-13(16,12(2,15)11-14)19(17-20(3,4)5)18-21(6,7)8/h14-16H,9-11H2,1-8H3. The minimum absolute atomic E-state index is 0.337. The largest absolute Gasteiger partial charge is 0.434 e. The van der Waals surface area contributed by atoms with Crippen LogP contribution in [0.25, 0.3) is 0 Å². The Labute approximate surface area is 133 Å². The van der Waals surface area contributed by atoms with Gasteiger partial charge in [-0.25, -0.2) is 0 Å². The van der Waals surface area contributed by atoms with Gasteiger partial charge in [0.2, 0.25) is 0 Å². The molecule has 0 aliphatic heterocycles. The first-order valence-corrected chi connectivity index (χ1v) is 15.6. The lowest BCUT2D eigenvalue weighted by Gasteiger charge is -2.46. The van der Waals surface area contributed by atoms with E-state index in [9.17, 15) is 15.3 Å². The predicted octanol–water partition coefficient (Wildman–Crippen LogP) is 1.99. The molecule has 127 valence electrons. The van der Waals surface area contributed by atoms with E-state index in [4.69, 9.17) is 8.23 Å². The van der Waals surface area contributed by atoms with E-state index >= 15 is 0 Å². The first kappa shape index (κ1) is 21.5. The molecule has 5 nitrogen and oxygen atoms in total. The molecule has 3 N–H and O–H groups in total. The van der Waals surface area contributed by atoms with Crippen LogP contribution in [0.15, 0.2) is 0 Å². The van der Waals surface area contributed by atoms with Crippen molar-refractivity contribution in [1.29, 1.82) is 0 Å². The van der Waals surface area contributed by atoms with Gasteiger partial charge in [0.1, 0.15) is 10.8 Å². The zero-order valence-corrected chi connectivity index (χ0v) is 17.8.